The molecule has 0 saturated heterocycles. The molecule has 0 amide bonds. The van der Waals surface area contributed by atoms with Crippen LogP contribution >= 0.6 is 11.8 Å². The molecule has 0 saturated carbocycles. The van der Waals surface area contributed by atoms with Crippen LogP contribution in [0, 0.1) is 0 Å². The molecule has 1 spiro atoms. The van der Waals surface area contributed by atoms with Gasteiger partial charge in [0.05, 0.1) is 5.41 Å². The standard InChI is InChI=1S/C55H39NS/c1-54(38-18-4-2-5-19-38)46-30-28-40(34-45(46)44-32-36-16-8-9-17-37(36)33-51(44)54)56(39-20-6-3-7-21-39)41-29-31-50-53(35-41)57-52-27-15-14-26-49(52)55(50)47-24-12-10-22-42(47)43-23-11-13-25-48(43)55/h2,4-6,8-35H,3,7H2,1H3. The summed E-state index contributed by atoms with van der Waals surface area (Å²) in [5.41, 5.74) is 17.7. The highest BCUT2D eigenvalue weighted by Gasteiger charge is 2.50. The molecule has 270 valence electrons. The number of anilines is 2. The van der Waals surface area contributed by atoms with Gasteiger partial charge in [0.1, 0.15) is 0 Å². The van der Waals surface area contributed by atoms with Crippen molar-refractivity contribution in [2.24, 2.45) is 0 Å². The summed E-state index contributed by atoms with van der Waals surface area (Å²) in [5, 5.41) is 2.56. The summed E-state index contributed by atoms with van der Waals surface area (Å²) in [6.45, 7) is 2.42. The van der Waals surface area contributed by atoms with Crippen molar-refractivity contribution < 1.29 is 0 Å². The molecule has 8 aromatic rings. The van der Waals surface area contributed by atoms with Crippen molar-refractivity contribution in [2.45, 2.75) is 40.4 Å². The molecule has 0 aromatic heterocycles. The van der Waals surface area contributed by atoms with Gasteiger partial charge in [-0.3, -0.25) is 0 Å². The van der Waals surface area contributed by atoms with Gasteiger partial charge in [-0.1, -0.05) is 157 Å². The summed E-state index contributed by atoms with van der Waals surface area (Å²) < 4.78 is 0. The Morgan fingerprint density at radius 2 is 1.05 bits per heavy atom. The Morgan fingerprint density at radius 3 is 1.79 bits per heavy atom. The predicted molar refractivity (Wildman–Crippen MR) is 238 cm³/mol. The Bertz CT molecular complexity index is 2980. The van der Waals surface area contributed by atoms with Crippen LogP contribution < -0.4 is 4.90 Å². The molecule has 8 aromatic carbocycles. The zero-order chi connectivity index (χ0) is 37.7. The van der Waals surface area contributed by atoms with Crippen LogP contribution in [-0.2, 0) is 10.8 Å². The topological polar surface area (TPSA) is 3.24 Å². The molecule has 1 atom stereocenters. The van der Waals surface area contributed by atoms with E-state index >= 15 is 0 Å². The van der Waals surface area contributed by atoms with Gasteiger partial charge in [-0.25, -0.2) is 0 Å². The summed E-state index contributed by atoms with van der Waals surface area (Å²) in [6.07, 6.45) is 9.15. The van der Waals surface area contributed by atoms with E-state index in [-0.39, 0.29) is 10.8 Å². The Balaban J connectivity index is 1.07. The van der Waals surface area contributed by atoms with Crippen LogP contribution in [0.25, 0.3) is 33.0 Å². The summed E-state index contributed by atoms with van der Waals surface area (Å²) in [6, 6.07) is 66.5. The first kappa shape index (κ1) is 32.9. The average molecular weight is 746 g/mol. The van der Waals surface area contributed by atoms with Crippen LogP contribution in [0.2, 0.25) is 0 Å². The van der Waals surface area contributed by atoms with Gasteiger partial charge in [-0.15, -0.1) is 0 Å². The van der Waals surface area contributed by atoms with Gasteiger partial charge in [0.2, 0.25) is 0 Å². The van der Waals surface area contributed by atoms with Crippen molar-refractivity contribution in [3.63, 3.8) is 0 Å². The first-order valence-corrected chi connectivity index (χ1v) is 21.0. The van der Waals surface area contributed by atoms with Crippen molar-refractivity contribution in [1.29, 1.82) is 0 Å². The molecular formula is C55H39NS. The lowest BCUT2D eigenvalue weighted by Crippen LogP contribution is -2.32. The number of hydrogen-bond acceptors (Lipinski definition) is 2. The summed E-state index contributed by atoms with van der Waals surface area (Å²) >= 11 is 1.91. The highest BCUT2D eigenvalue weighted by atomic mass is 32.2. The lowest BCUT2D eigenvalue weighted by atomic mass is 9.67. The van der Waals surface area contributed by atoms with Crippen LogP contribution in [0.5, 0.6) is 0 Å². The van der Waals surface area contributed by atoms with Gasteiger partial charge in [0.15, 0.2) is 0 Å². The molecule has 1 nitrogen and oxygen atoms in total. The fourth-order valence-corrected chi connectivity index (χ4v) is 11.9. The van der Waals surface area contributed by atoms with E-state index in [2.05, 4.69) is 206 Å². The minimum atomic E-state index is -0.389. The summed E-state index contributed by atoms with van der Waals surface area (Å²) in [4.78, 5) is 5.12. The molecule has 12 rings (SSSR count). The maximum absolute atomic E-state index is 2.50. The van der Waals surface area contributed by atoms with Crippen molar-refractivity contribution in [1.82, 2.24) is 0 Å². The number of rotatable bonds is 4. The van der Waals surface area contributed by atoms with Gasteiger partial charge in [0, 0.05) is 32.3 Å². The molecule has 2 heteroatoms. The lowest BCUT2D eigenvalue weighted by Gasteiger charge is -2.40. The minimum absolute atomic E-state index is 0.276. The fraction of sp³-hybridized carbons (Fsp3) is 0.0909. The first-order chi connectivity index (χ1) is 28.1. The zero-order valence-electron chi connectivity index (χ0n) is 31.7. The fourth-order valence-electron chi connectivity index (χ4n) is 10.6. The van der Waals surface area contributed by atoms with Gasteiger partial charge in [-0.2, -0.15) is 0 Å². The van der Waals surface area contributed by atoms with Gasteiger partial charge < -0.3 is 4.90 Å². The number of allylic oxidation sites excluding steroid dienone is 3. The van der Waals surface area contributed by atoms with Gasteiger partial charge >= 0.3 is 0 Å². The van der Waals surface area contributed by atoms with E-state index < -0.39 is 0 Å². The summed E-state index contributed by atoms with van der Waals surface area (Å²) in [5.74, 6) is 0. The van der Waals surface area contributed by atoms with Gasteiger partial charge in [-0.05, 0) is 140 Å². The maximum Gasteiger partial charge on any atom is 0.0735 e. The Labute approximate surface area is 338 Å². The number of hydrogen-bond donors (Lipinski definition) is 0. The second kappa shape index (κ2) is 12.3. The Hall–Kier alpha value is -6.35. The third-order valence-electron chi connectivity index (χ3n) is 13.2. The third kappa shape index (κ3) is 4.54. The van der Waals surface area contributed by atoms with Crippen LogP contribution in [0.3, 0.4) is 0 Å². The summed E-state index contributed by atoms with van der Waals surface area (Å²) in [7, 11) is 0. The molecule has 0 fully saturated rings. The average Bonchev–Trinajstić information content (AvgIpc) is 3.70. The number of benzene rings is 8. The van der Waals surface area contributed by atoms with Crippen molar-refractivity contribution in [2.75, 3.05) is 4.90 Å². The molecule has 3 aliphatic carbocycles. The quantitative estimate of drug-likeness (QED) is 0.176. The van der Waals surface area contributed by atoms with E-state index in [9.17, 15) is 0 Å². The first-order valence-electron chi connectivity index (χ1n) is 20.2. The van der Waals surface area contributed by atoms with Crippen LogP contribution in [0.4, 0.5) is 11.4 Å². The normalized spacial score (nSPS) is 17.6. The number of fused-ring (bicyclic) bond motifs is 13. The van der Waals surface area contributed by atoms with E-state index in [1.54, 1.807) is 0 Å². The van der Waals surface area contributed by atoms with Crippen molar-refractivity contribution in [3.05, 3.63) is 239 Å². The molecule has 0 N–H and O–H groups in total. The van der Waals surface area contributed by atoms with E-state index in [0.717, 1.165) is 12.8 Å². The van der Waals surface area contributed by atoms with E-state index in [1.165, 1.54) is 98.8 Å². The lowest BCUT2D eigenvalue weighted by molar-refractivity contribution is 0.715. The monoisotopic (exact) mass is 745 g/mol. The van der Waals surface area contributed by atoms with Crippen LogP contribution in [-0.4, -0.2) is 0 Å². The largest absolute Gasteiger partial charge is 0.311 e. The zero-order valence-corrected chi connectivity index (χ0v) is 32.6. The smallest absolute Gasteiger partial charge is 0.0735 e. The minimum Gasteiger partial charge on any atom is -0.311 e. The highest BCUT2D eigenvalue weighted by molar-refractivity contribution is 7.99. The predicted octanol–water partition coefficient (Wildman–Crippen LogP) is 14.4. The van der Waals surface area contributed by atoms with E-state index in [1.807, 2.05) is 11.8 Å². The van der Waals surface area contributed by atoms with Crippen molar-refractivity contribution >= 4 is 33.9 Å². The van der Waals surface area contributed by atoms with Crippen molar-refractivity contribution in [3.8, 4) is 22.3 Å². The SMILES string of the molecule is CC1(c2ccccc2)c2ccc(N(C3=CCCC=C3)c3ccc4c(c3)Sc3ccccc3C43c4ccccc4-c4ccccc43)cc2-c2cc3ccccc3cc21. The Morgan fingerprint density at radius 1 is 0.456 bits per heavy atom. The molecule has 0 bridgehead atoms. The molecule has 1 aliphatic heterocycles. The third-order valence-corrected chi connectivity index (χ3v) is 14.3. The number of nitrogens with zero attached hydrogens (tertiary/aromatic N) is 1. The second-order valence-electron chi connectivity index (χ2n) is 16.0. The highest BCUT2D eigenvalue weighted by Crippen LogP contribution is 2.63. The van der Waals surface area contributed by atoms with Crippen LogP contribution in [0.15, 0.2) is 210 Å². The molecule has 1 unspecified atom stereocenters. The molecule has 57 heavy (non-hydrogen) atoms. The second-order valence-corrected chi connectivity index (χ2v) is 17.1. The van der Waals surface area contributed by atoms with Crippen LogP contribution in [0.1, 0.15) is 58.7 Å². The molecular weight excluding hydrogens is 707 g/mol. The Kier molecular flexibility index (Phi) is 7.10. The van der Waals surface area contributed by atoms with E-state index in [0.29, 0.717) is 0 Å². The molecule has 4 aliphatic rings. The van der Waals surface area contributed by atoms with E-state index in [4.69, 9.17) is 0 Å². The molecule has 1 heterocycles. The maximum atomic E-state index is 2.50. The van der Waals surface area contributed by atoms with Gasteiger partial charge in [0.25, 0.3) is 0 Å². The molecule has 0 radical (unpaired) electrons.